The predicted octanol–water partition coefficient (Wildman–Crippen LogP) is 2.22. The molecule has 1 aromatic heterocycles. The van der Waals surface area contributed by atoms with Crippen LogP contribution in [0.3, 0.4) is 0 Å². The molecule has 19 heavy (non-hydrogen) atoms. The van der Waals surface area contributed by atoms with Crippen LogP contribution in [0.5, 0.6) is 0 Å². The molecule has 0 unspecified atom stereocenters. The molecule has 0 aliphatic rings. The minimum atomic E-state index is 0.636. The Morgan fingerprint density at radius 1 is 1.21 bits per heavy atom. The van der Waals surface area contributed by atoms with Crippen LogP contribution in [0, 0.1) is 0 Å². The first-order valence-corrected chi connectivity index (χ1v) is 6.88. The van der Waals surface area contributed by atoms with Gasteiger partial charge < -0.3 is 10.6 Å². The topological polar surface area (TPSA) is 47.1 Å². The van der Waals surface area contributed by atoms with E-state index in [2.05, 4.69) is 41.6 Å². The Morgan fingerprint density at radius 2 is 1.95 bits per heavy atom. The summed E-state index contributed by atoms with van der Waals surface area (Å²) in [6.07, 6.45) is 3.05. The van der Waals surface area contributed by atoms with Gasteiger partial charge in [-0.05, 0) is 25.5 Å². The second kappa shape index (κ2) is 6.38. The molecule has 0 amide bonds. The van der Waals surface area contributed by atoms with Crippen LogP contribution in [-0.4, -0.2) is 29.2 Å². The molecule has 0 radical (unpaired) electrons. The third-order valence-corrected chi connectivity index (χ3v) is 3.20. The third-order valence-electron chi connectivity index (χ3n) is 3.20. The molecule has 0 spiro atoms. The van der Waals surface area contributed by atoms with E-state index >= 15 is 0 Å². The fourth-order valence-corrected chi connectivity index (χ4v) is 2.15. The maximum atomic E-state index is 5.69. The van der Waals surface area contributed by atoms with Crippen molar-refractivity contribution in [1.82, 2.24) is 9.55 Å². The molecule has 4 nitrogen and oxygen atoms in total. The quantitative estimate of drug-likeness (QED) is 0.864. The number of imidazole rings is 1. The first-order chi connectivity index (χ1) is 9.30. The Kier molecular flexibility index (Phi) is 4.58. The molecule has 1 heterocycles. The normalized spacial score (nSPS) is 10.7. The number of likely N-dealkylation sites (N-methyl/N-ethyl adjacent to an activating group) is 1. The summed E-state index contributed by atoms with van der Waals surface area (Å²) < 4.78 is 2.15. The molecule has 0 saturated heterocycles. The van der Waals surface area contributed by atoms with Crippen molar-refractivity contribution in [3.05, 3.63) is 42.2 Å². The summed E-state index contributed by atoms with van der Waals surface area (Å²) >= 11 is 0. The van der Waals surface area contributed by atoms with Crippen LogP contribution in [0.25, 0.3) is 5.69 Å². The summed E-state index contributed by atoms with van der Waals surface area (Å²) in [5, 5.41) is 0. The van der Waals surface area contributed by atoms with E-state index in [0.717, 1.165) is 36.8 Å². The second-order valence-electron chi connectivity index (χ2n) is 4.46. The largest absolute Gasteiger partial charge is 0.341 e. The van der Waals surface area contributed by atoms with E-state index in [4.69, 9.17) is 10.7 Å². The number of nitrogens with zero attached hydrogens (tertiary/aromatic N) is 3. The van der Waals surface area contributed by atoms with E-state index in [9.17, 15) is 0 Å². The SMILES string of the molecule is CCc1cn(-c2ccccc2)c(N(CC)CCN)n1. The third kappa shape index (κ3) is 2.96. The Hall–Kier alpha value is -1.81. The average Bonchev–Trinajstić information content (AvgIpc) is 2.90. The van der Waals surface area contributed by atoms with Gasteiger partial charge in [0.25, 0.3) is 0 Å². The lowest BCUT2D eigenvalue weighted by Gasteiger charge is -2.22. The first-order valence-electron chi connectivity index (χ1n) is 6.88. The molecule has 2 aromatic rings. The summed E-state index contributed by atoms with van der Waals surface area (Å²) in [5.74, 6) is 0.982. The molecule has 4 heteroatoms. The van der Waals surface area contributed by atoms with Crippen molar-refractivity contribution in [3.8, 4) is 5.69 Å². The van der Waals surface area contributed by atoms with Gasteiger partial charge >= 0.3 is 0 Å². The van der Waals surface area contributed by atoms with Gasteiger partial charge in [-0.1, -0.05) is 25.1 Å². The van der Waals surface area contributed by atoms with Crippen molar-refractivity contribution < 1.29 is 0 Å². The molecule has 1 aromatic carbocycles. The maximum Gasteiger partial charge on any atom is 0.210 e. The van der Waals surface area contributed by atoms with Gasteiger partial charge in [-0.2, -0.15) is 0 Å². The van der Waals surface area contributed by atoms with Gasteiger partial charge in [-0.25, -0.2) is 4.98 Å². The monoisotopic (exact) mass is 258 g/mol. The molecule has 0 atom stereocenters. The summed E-state index contributed by atoms with van der Waals surface area (Å²) in [6, 6.07) is 10.3. The highest BCUT2D eigenvalue weighted by atomic mass is 15.3. The first kappa shape index (κ1) is 13.6. The van der Waals surface area contributed by atoms with Crippen molar-refractivity contribution in [3.63, 3.8) is 0 Å². The number of rotatable bonds is 6. The standard InChI is InChI=1S/C15H22N4/c1-3-13-12-19(14-8-6-5-7-9-14)15(17-13)18(4-2)11-10-16/h5-9,12H,3-4,10-11,16H2,1-2H3. The van der Waals surface area contributed by atoms with Gasteiger partial charge in [0.1, 0.15) is 0 Å². The summed E-state index contributed by atoms with van der Waals surface area (Å²) in [6.45, 7) is 6.62. The van der Waals surface area contributed by atoms with E-state index in [1.54, 1.807) is 0 Å². The lowest BCUT2D eigenvalue weighted by Crippen LogP contribution is -2.31. The highest BCUT2D eigenvalue weighted by molar-refractivity contribution is 5.45. The Balaban J connectivity index is 2.44. The number of para-hydroxylation sites is 1. The van der Waals surface area contributed by atoms with Crippen LogP contribution in [0.1, 0.15) is 19.5 Å². The van der Waals surface area contributed by atoms with Crippen LogP contribution in [0.4, 0.5) is 5.95 Å². The predicted molar refractivity (Wildman–Crippen MR) is 79.9 cm³/mol. The van der Waals surface area contributed by atoms with E-state index in [0.29, 0.717) is 6.54 Å². The second-order valence-corrected chi connectivity index (χ2v) is 4.46. The molecule has 0 aliphatic heterocycles. The molecule has 0 aliphatic carbocycles. The van der Waals surface area contributed by atoms with E-state index in [-0.39, 0.29) is 0 Å². The van der Waals surface area contributed by atoms with Crippen LogP contribution in [0.15, 0.2) is 36.5 Å². The van der Waals surface area contributed by atoms with Gasteiger partial charge in [0, 0.05) is 31.5 Å². The number of aryl methyl sites for hydroxylation is 1. The molecule has 0 fully saturated rings. The Labute approximate surface area is 114 Å². The van der Waals surface area contributed by atoms with Crippen molar-refractivity contribution in [2.24, 2.45) is 5.73 Å². The molecule has 0 saturated carbocycles. The molecule has 2 N–H and O–H groups in total. The van der Waals surface area contributed by atoms with Crippen molar-refractivity contribution in [2.45, 2.75) is 20.3 Å². The van der Waals surface area contributed by atoms with Crippen LogP contribution in [0.2, 0.25) is 0 Å². The number of hydrogen-bond acceptors (Lipinski definition) is 3. The van der Waals surface area contributed by atoms with Crippen LogP contribution in [-0.2, 0) is 6.42 Å². The maximum absolute atomic E-state index is 5.69. The zero-order valence-electron chi connectivity index (χ0n) is 11.7. The smallest absolute Gasteiger partial charge is 0.210 e. The molecule has 2 rings (SSSR count). The van der Waals surface area contributed by atoms with E-state index in [1.165, 1.54) is 0 Å². The van der Waals surface area contributed by atoms with Crippen LogP contribution >= 0.6 is 0 Å². The fourth-order valence-electron chi connectivity index (χ4n) is 2.15. The van der Waals surface area contributed by atoms with Crippen LogP contribution < -0.4 is 10.6 Å². The van der Waals surface area contributed by atoms with Gasteiger partial charge in [-0.3, -0.25) is 4.57 Å². The number of hydrogen-bond donors (Lipinski definition) is 1. The Morgan fingerprint density at radius 3 is 2.53 bits per heavy atom. The van der Waals surface area contributed by atoms with Gasteiger partial charge in [0.2, 0.25) is 5.95 Å². The van der Waals surface area contributed by atoms with Gasteiger partial charge in [-0.15, -0.1) is 0 Å². The number of anilines is 1. The van der Waals surface area contributed by atoms with Gasteiger partial charge in [0.05, 0.1) is 5.69 Å². The lowest BCUT2D eigenvalue weighted by atomic mass is 10.3. The number of aromatic nitrogens is 2. The fraction of sp³-hybridized carbons (Fsp3) is 0.400. The molecule has 0 bridgehead atoms. The number of nitrogens with two attached hydrogens (primary N) is 1. The van der Waals surface area contributed by atoms with Gasteiger partial charge in [0.15, 0.2) is 0 Å². The van der Waals surface area contributed by atoms with Crippen molar-refractivity contribution in [2.75, 3.05) is 24.5 Å². The average molecular weight is 258 g/mol. The van der Waals surface area contributed by atoms with Crippen molar-refractivity contribution in [1.29, 1.82) is 0 Å². The summed E-state index contributed by atoms with van der Waals surface area (Å²) in [7, 11) is 0. The van der Waals surface area contributed by atoms with E-state index < -0.39 is 0 Å². The number of benzene rings is 1. The molecular formula is C15H22N4. The zero-order chi connectivity index (χ0) is 13.7. The minimum absolute atomic E-state index is 0.636. The highest BCUT2D eigenvalue weighted by Gasteiger charge is 2.14. The molecular weight excluding hydrogens is 236 g/mol. The molecule has 102 valence electrons. The lowest BCUT2D eigenvalue weighted by molar-refractivity contribution is 0.772. The summed E-state index contributed by atoms with van der Waals surface area (Å²) in [5.41, 5.74) is 7.94. The zero-order valence-corrected chi connectivity index (χ0v) is 11.7. The highest BCUT2D eigenvalue weighted by Crippen LogP contribution is 2.20. The van der Waals surface area contributed by atoms with E-state index in [1.807, 2.05) is 18.2 Å². The minimum Gasteiger partial charge on any atom is -0.341 e. The Bertz CT molecular complexity index is 504. The summed E-state index contributed by atoms with van der Waals surface area (Å²) in [4.78, 5) is 6.94. The van der Waals surface area contributed by atoms with Crippen molar-refractivity contribution >= 4 is 5.95 Å².